The van der Waals surface area contributed by atoms with Gasteiger partial charge in [-0.1, -0.05) is 388 Å². The Bertz CT molecular complexity index is 3710. The number of para-hydroxylation sites is 2. The number of nitrogens with zero attached hydrogens (tertiary/aromatic N) is 2. The van der Waals surface area contributed by atoms with Crippen LogP contribution in [0, 0.1) is 0 Å². The average Bonchev–Trinajstić information content (AvgIpc) is 1.56. The molecule has 0 aromatic heterocycles. The van der Waals surface area contributed by atoms with Crippen LogP contribution in [-0.2, 0) is 16.2 Å². The smallest absolute Gasteiger partial charge is 0.0543 e. The van der Waals surface area contributed by atoms with Gasteiger partial charge in [-0.2, -0.15) is 0 Å². The Morgan fingerprint density at radius 2 is 0.460 bits per heavy atom. The van der Waals surface area contributed by atoms with Crippen LogP contribution in [0.15, 0.2) is 182 Å². The van der Waals surface area contributed by atoms with E-state index in [0.29, 0.717) is 0 Å². The average molecular weight is 1340 g/mol. The van der Waals surface area contributed by atoms with Crippen LogP contribution in [0.3, 0.4) is 0 Å². The molecule has 0 spiro atoms. The molecule has 2 nitrogen and oxygen atoms in total. The molecule has 0 heterocycles. The van der Waals surface area contributed by atoms with Crippen molar-refractivity contribution in [1.82, 2.24) is 0 Å². The van der Waals surface area contributed by atoms with Gasteiger partial charge in [-0.3, -0.25) is 0 Å². The molecule has 8 aromatic carbocycles. The van der Waals surface area contributed by atoms with Crippen LogP contribution in [-0.4, -0.2) is 0 Å². The summed E-state index contributed by atoms with van der Waals surface area (Å²) in [6.07, 6.45) is 52.9. The fraction of sp³-hybridized carbons (Fsp3) is 0.510. The van der Waals surface area contributed by atoms with Gasteiger partial charge in [-0.15, -0.1) is 0 Å². The maximum Gasteiger partial charge on any atom is 0.0543 e. The van der Waals surface area contributed by atoms with E-state index in [1.165, 1.54) is 318 Å². The number of unbranched alkanes of at least 4 members (excludes halogenated alkanes) is 29. The van der Waals surface area contributed by atoms with Crippen molar-refractivity contribution >= 4 is 34.1 Å². The van der Waals surface area contributed by atoms with Crippen molar-refractivity contribution in [2.45, 2.75) is 321 Å². The molecule has 532 valence electrons. The fourth-order valence-electron chi connectivity index (χ4n) is 19.2. The van der Waals surface area contributed by atoms with E-state index in [2.05, 4.69) is 233 Å². The summed E-state index contributed by atoms with van der Waals surface area (Å²) < 4.78 is 0. The maximum absolute atomic E-state index is 2.75. The maximum atomic E-state index is 2.75. The van der Waals surface area contributed by atoms with E-state index in [1.54, 1.807) is 33.4 Å². The monoisotopic (exact) mass is 1340 g/mol. The minimum atomic E-state index is -0.180. The lowest BCUT2D eigenvalue weighted by atomic mass is 9.70. The summed E-state index contributed by atoms with van der Waals surface area (Å²) in [4.78, 5) is 5.41. The van der Waals surface area contributed by atoms with E-state index >= 15 is 0 Å². The Labute approximate surface area is 610 Å². The molecular weight excluding hydrogens is 1210 g/mol. The van der Waals surface area contributed by atoms with E-state index in [-0.39, 0.29) is 16.2 Å². The van der Waals surface area contributed by atoms with Crippen LogP contribution < -0.4 is 9.80 Å². The highest BCUT2D eigenvalue weighted by Crippen LogP contribution is 2.62. The van der Waals surface area contributed by atoms with Gasteiger partial charge in [-0.25, -0.2) is 0 Å². The molecule has 0 N–H and O–H groups in total. The summed E-state index contributed by atoms with van der Waals surface area (Å²) in [5.74, 6) is 0. The van der Waals surface area contributed by atoms with Gasteiger partial charge in [0.1, 0.15) is 0 Å². The van der Waals surface area contributed by atoms with Crippen LogP contribution in [0.4, 0.5) is 34.1 Å². The number of benzene rings is 8. The lowest BCUT2D eigenvalue weighted by Crippen LogP contribution is -2.26. The largest absolute Gasteiger partial charge is 0.310 e. The summed E-state index contributed by atoms with van der Waals surface area (Å²) in [7, 11) is 0. The Kier molecular flexibility index (Phi) is 28.4. The van der Waals surface area contributed by atoms with Crippen molar-refractivity contribution in [3.05, 3.63) is 215 Å². The third-order valence-corrected chi connectivity index (χ3v) is 24.4. The number of fused-ring (bicyclic) bond motifs is 9. The first-order chi connectivity index (χ1) is 49.4. The van der Waals surface area contributed by atoms with E-state index in [4.69, 9.17) is 0 Å². The Morgan fingerprint density at radius 1 is 0.200 bits per heavy atom. The predicted molar refractivity (Wildman–Crippen MR) is 438 cm³/mol. The number of hydrogen-bond donors (Lipinski definition) is 0. The number of hydrogen-bond acceptors (Lipinski definition) is 2. The summed E-state index contributed by atoms with van der Waals surface area (Å²) in [5.41, 5.74) is 25.5. The summed E-state index contributed by atoms with van der Waals surface area (Å²) in [6.45, 7) is 14.1. The van der Waals surface area contributed by atoms with Gasteiger partial charge in [0.2, 0.25) is 0 Å². The van der Waals surface area contributed by atoms with Crippen LogP contribution in [0.1, 0.15) is 338 Å². The predicted octanol–water partition coefficient (Wildman–Crippen LogP) is 31.5. The Balaban J connectivity index is 1.07. The van der Waals surface area contributed by atoms with Crippen LogP contribution in [0.2, 0.25) is 0 Å². The molecule has 3 aliphatic rings. The Morgan fingerprint density at radius 3 is 0.770 bits per heavy atom. The van der Waals surface area contributed by atoms with E-state index in [0.717, 1.165) is 12.8 Å². The topological polar surface area (TPSA) is 6.48 Å². The molecule has 100 heavy (non-hydrogen) atoms. The molecule has 0 aliphatic heterocycles. The van der Waals surface area contributed by atoms with Gasteiger partial charge in [-0.05, 0) is 155 Å². The van der Waals surface area contributed by atoms with Crippen molar-refractivity contribution < 1.29 is 0 Å². The second kappa shape index (κ2) is 38.0. The molecule has 1 unspecified atom stereocenters. The van der Waals surface area contributed by atoms with Crippen LogP contribution >= 0.6 is 0 Å². The molecule has 0 fully saturated rings. The van der Waals surface area contributed by atoms with Crippen molar-refractivity contribution in [3.63, 3.8) is 0 Å². The minimum absolute atomic E-state index is 0.0109. The molecule has 0 radical (unpaired) electrons. The zero-order valence-corrected chi connectivity index (χ0v) is 63.7. The van der Waals surface area contributed by atoms with Crippen molar-refractivity contribution in [2.24, 2.45) is 0 Å². The molecule has 3 aliphatic carbocycles. The first-order valence-corrected chi connectivity index (χ1v) is 41.9. The lowest BCUT2D eigenvalue weighted by molar-refractivity contribution is 0.398. The molecule has 1 atom stereocenters. The highest BCUT2D eigenvalue weighted by atomic mass is 15.2. The van der Waals surface area contributed by atoms with Crippen molar-refractivity contribution in [1.29, 1.82) is 0 Å². The molecule has 8 aromatic rings. The highest BCUT2D eigenvalue weighted by molar-refractivity contribution is 5.98. The third kappa shape index (κ3) is 16.9. The highest BCUT2D eigenvalue weighted by Gasteiger charge is 2.47. The van der Waals surface area contributed by atoms with Crippen molar-refractivity contribution in [3.8, 4) is 33.4 Å². The van der Waals surface area contributed by atoms with Crippen LogP contribution in [0.5, 0.6) is 0 Å². The summed E-state index contributed by atoms with van der Waals surface area (Å²) >= 11 is 0. The molecule has 0 bridgehead atoms. The zero-order chi connectivity index (χ0) is 69.3. The lowest BCUT2D eigenvalue weighted by Gasteiger charge is -2.36. The molecule has 0 saturated heterocycles. The first-order valence-electron chi connectivity index (χ1n) is 41.9. The van der Waals surface area contributed by atoms with Gasteiger partial charge in [0.15, 0.2) is 0 Å². The standard InChI is InChI=1S/C98H130N2/c1-7-13-19-25-31-47-71-96(70-46-30-24-18-12-6)86-60-44-42-58-84(86)94-88(96)62-52-64-92(94)99(78-54-38-36-39-55-78)80-66-68-82-83-69-67-81(77-91(83)98(90(82)76-80,74-50-34-28-22-16-10-4)75-51-35-29-23-17-11-5)100(79-56-40-37-41-57-79)93-65-53-63-89-95(93)85-59-43-45-61-87(85)97(89,72-48-32-26-20-14-8-2)73-49-33-27-21-15-9-3/h36-45,52-69,76-77H,7-35,46-51,70-75H2,1-6H3. The molecular formula is C98H130N2. The van der Waals surface area contributed by atoms with Gasteiger partial charge in [0, 0.05) is 50.1 Å². The van der Waals surface area contributed by atoms with Crippen LogP contribution in [0.25, 0.3) is 33.4 Å². The zero-order valence-electron chi connectivity index (χ0n) is 63.7. The number of rotatable bonds is 47. The summed E-state index contributed by atoms with van der Waals surface area (Å²) in [6, 6.07) is 73.3. The van der Waals surface area contributed by atoms with Gasteiger partial charge in [0.25, 0.3) is 0 Å². The van der Waals surface area contributed by atoms with Gasteiger partial charge < -0.3 is 9.80 Å². The second-order valence-corrected chi connectivity index (χ2v) is 31.3. The number of anilines is 6. The second-order valence-electron chi connectivity index (χ2n) is 31.3. The Hall–Kier alpha value is -6.64. The van der Waals surface area contributed by atoms with E-state index in [9.17, 15) is 0 Å². The first kappa shape index (κ1) is 74.5. The van der Waals surface area contributed by atoms with Crippen molar-refractivity contribution in [2.75, 3.05) is 9.80 Å². The minimum Gasteiger partial charge on any atom is -0.310 e. The molecule has 0 saturated carbocycles. The molecule has 0 amide bonds. The third-order valence-electron chi connectivity index (χ3n) is 24.4. The van der Waals surface area contributed by atoms with Gasteiger partial charge in [0.05, 0.1) is 11.4 Å². The van der Waals surface area contributed by atoms with E-state index in [1.807, 2.05) is 0 Å². The quantitative estimate of drug-likeness (QED) is 0.0351. The molecule has 2 heteroatoms. The summed E-state index contributed by atoms with van der Waals surface area (Å²) in [5, 5.41) is 0. The van der Waals surface area contributed by atoms with Gasteiger partial charge >= 0.3 is 0 Å². The van der Waals surface area contributed by atoms with E-state index < -0.39 is 0 Å². The normalized spacial score (nSPS) is 14.9. The fourth-order valence-corrected chi connectivity index (χ4v) is 19.2. The molecule has 11 rings (SSSR count). The SMILES string of the molecule is CCCCCCCCC1(CCCCCCCC)c2cc(N(c3ccccc3)c3cccc4c3-c3ccccc3C4(CCCCCCC)CCCCCCCC)ccc2-c2ccc(N(c3ccccc3)c3cccc4c3-c3ccccc3C4(CCCCCCCC)CCCCCCCC)cc21.